The van der Waals surface area contributed by atoms with Crippen LogP contribution in [0.5, 0.6) is 5.75 Å². The maximum atomic E-state index is 14.2. The zero-order valence-electron chi connectivity index (χ0n) is 19.0. The molecule has 0 aromatic heterocycles. The number of anilines is 1. The van der Waals surface area contributed by atoms with E-state index in [1.54, 1.807) is 32.0 Å². The lowest BCUT2D eigenvalue weighted by Crippen LogP contribution is -2.41. The van der Waals surface area contributed by atoms with Gasteiger partial charge in [0.05, 0.1) is 27.7 Å². The summed E-state index contributed by atoms with van der Waals surface area (Å²) in [6.07, 6.45) is 0.820. The molecule has 1 aliphatic heterocycles. The van der Waals surface area contributed by atoms with Crippen molar-refractivity contribution in [1.82, 2.24) is 0 Å². The van der Waals surface area contributed by atoms with Crippen molar-refractivity contribution >= 4 is 40.6 Å². The SMILES string of the molecule is CC(=Cc1ccc2c(c1)NCC(C(C)OC(=O)c1ccc([N+](=O)[O-])cc1)O2)c1c(F)cccc1Cl. The number of halogens is 2. The largest absolute Gasteiger partial charge is 0.483 e. The summed E-state index contributed by atoms with van der Waals surface area (Å²) < 4.78 is 25.8. The van der Waals surface area contributed by atoms with Crippen LogP contribution in [0.4, 0.5) is 15.8 Å². The first-order valence-electron chi connectivity index (χ1n) is 10.9. The van der Waals surface area contributed by atoms with Gasteiger partial charge in [0.2, 0.25) is 0 Å². The molecule has 9 heteroatoms. The number of ether oxygens (including phenoxy) is 2. The number of hydrogen-bond donors (Lipinski definition) is 1. The van der Waals surface area contributed by atoms with Gasteiger partial charge >= 0.3 is 5.97 Å². The van der Waals surface area contributed by atoms with Gasteiger partial charge < -0.3 is 14.8 Å². The summed E-state index contributed by atoms with van der Waals surface area (Å²) in [6.45, 7) is 3.91. The van der Waals surface area contributed by atoms with Gasteiger partial charge in [0, 0.05) is 17.7 Å². The summed E-state index contributed by atoms with van der Waals surface area (Å²) in [5.41, 5.74) is 2.76. The Morgan fingerprint density at radius 3 is 2.69 bits per heavy atom. The Labute approximate surface area is 206 Å². The molecule has 4 rings (SSSR count). The fraction of sp³-hybridized carbons (Fsp3) is 0.192. The topological polar surface area (TPSA) is 90.7 Å². The van der Waals surface area contributed by atoms with Crippen LogP contribution in [0.2, 0.25) is 5.02 Å². The minimum atomic E-state index is -0.593. The number of fused-ring (bicyclic) bond motifs is 1. The molecule has 2 atom stereocenters. The summed E-state index contributed by atoms with van der Waals surface area (Å²) in [6, 6.07) is 15.3. The van der Waals surface area contributed by atoms with Gasteiger partial charge in [0.25, 0.3) is 5.69 Å². The van der Waals surface area contributed by atoms with Gasteiger partial charge in [-0.05, 0) is 61.4 Å². The first-order valence-corrected chi connectivity index (χ1v) is 11.2. The van der Waals surface area contributed by atoms with Crippen molar-refractivity contribution in [1.29, 1.82) is 0 Å². The molecule has 0 amide bonds. The second-order valence-electron chi connectivity index (χ2n) is 8.13. The van der Waals surface area contributed by atoms with Crippen LogP contribution in [0.3, 0.4) is 0 Å². The van der Waals surface area contributed by atoms with Gasteiger partial charge in [-0.2, -0.15) is 0 Å². The van der Waals surface area contributed by atoms with Crippen LogP contribution in [0, 0.1) is 15.9 Å². The normalized spacial score (nSPS) is 15.9. The average Bonchev–Trinajstić information content (AvgIpc) is 2.83. The van der Waals surface area contributed by atoms with Crippen LogP contribution in [-0.2, 0) is 4.74 Å². The number of non-ortho nitro benzene ring substituents is 1. The van der Waals surface area contributed by atoms with Gasteiger partial charge in [0.1, 0.15) is 17.7 Å². The Morgan fingerprint density at radius 2 is 2.00 bits per heavy atom. The molecule has 0 fully saturated rings. The third kappa shape index (κ3) is 5.44. The molecule has 0 bridgehead atoms. The zero-order chi connectivity index (χ0) is 25.1. The van der Waals surface area contributed by atoms with E-state index >= 15 is 0 Å². The molecule has 3 aromatic carbocycles. The summed E-state index contributed by atoms with van der Waals surface area (Å²) in [4.78, 5) is 22.7. The predicted octanol–water partition coefficient (Wildman–Crippen LogP) is 6.37. The minimum Gasteiger partial charge on any atom is -0.483 e. The number of hydrogen-bond acceptors (Lipinski definition) is 6. The molecule has 0 spiro atoms. The van der Waals surface area contributed by atoms with Crippen LogP contribution < -0.4 is 10.1 Å². The van der Waals surface area contributed by atoms with Crippen LogP contribution in [0.25, 0.3) is 11.6 Å². The third-order valence-corrected chi connectivity index (χ3v) is 5.96. The number of nitro benzene ring substituents is 1. The van der Waals surface area contributed by atoms with Crippen molar-refractivity contribution in [2.75, 3.05) is 11.9 Å². The molecule has 1 N–H and O–H groups in total. The summed E-state index contributed by atoms with van der Waals surface area (Å²) >= 11 is 6.17. The maximum absolute atomic E-state index is 14.2. The lowest BCUT2D eigenvalue weighted by atomic mass is 10.0. The average molecular weight is 497 g/mol. The van der Waals surface area contributed by atoms with Gasteiger partial charge in [-0.25, -0.2) is 9.18 Å². The van der Waals surface area contributed by atoms with Crippen molar-refractivity contribution in [3.63, 3.8) is 0 Å². The number of nitrogens with one attached hydrogen (secondary N) is 1. The number of nitro groups is 1. The Morgan fingerprint density at radius 1 is 1.26 bits per heavy atom. The quantitative estimate of drug-likeness (QED) is 0.185. The Kier molecular flexibility index (Phi) is 7.02. The molecule has 0 saturated carbocycles. The van der Waals surface area contributed by atoms with Crippen molar-refractivity contribution in [3.8, 4) is 5.75 Å². The molecule has 0 aliphatic carbocycles. The lowest BCUT2D eigenvalue weighted by molar-refractivity contribution is -0.384. The highest BCUT2D eigenvalue weighted by Crippen LogP contribution is 2.33. The van der Waals surface area contributed by atoms with Crippen molar-refractivity contribution in [3.05, 3.63) is 98.3 Å². The number of carbonyl (C=O) groups is 1. The highest BCUT2D eigenvalue weighted by Gasteiger charge is 2.28. The third-order valence-electron chi connectivity index (χ3n) is 5.65. The van der Waals surface area contributed by atoms with E-state index < -0.39 is 23.1 Å². The zero-order valence-corrected chi connectivity index (χ0v) is 19.7. The van der Waals surface area contributed by atoms with Crippen LogP contribution in [0.15, 0.2) is 60.7 Å². The molecule has 1 aliphatic rings. The van der Waals surface area contributed by atoms with E-state index in [0.29, 0.717) is 28.5 Å². The standard InChI is InChI=1S/C26H22ClFN2O5/c1-15(25-20(27)4-3-5-21(25)28)12-17-6-11-23-22(13-17)29-14-24(35-23)16(2)34-26(31)18-7-9-19(10-8-18)30(32)33/h3-13,16,24,29H,14H2,1-2H3. The highest BCUT2D eigenvalue weighted by molar-refractivity contribution is 6.32. The van der Waals surface area contributed by atoms with Gasteiger partial charge in [-0.3, -0.25) is 10.1 Å². The molecule has 0 saturated heterocycles. The van der Waals surface area contributed by atoms with Gasteiger partial charge in [0.15, 0.2) is 6.10 Å². The molecular weight excluding hydrogens is 475 g/mol. The molecule has 7 nitrogen and oxygen atoms in total. The van der Waals surface area contributed by atoms with Crippen LogP contribution in [-0.4, -0.2) is 29.6 Å². The van der Waals surface area contributed by atoms with Gasteiger partial charge in [-0.15, -0.1) is 0 Å². The minimum absolute atomic E-state index is 0.104. The highest BCUT2D eigenvalue weighted by atomic mass is 35.5. The second kappa shape index (κ2) is 10.1. The molecule has 180 valence electrons. The van der Waals surface area contributed by atoms with E-state index in [-0.39, 0.29) is 17.1 Å². The fourth-order valence-corrected chi connectivity index (χ4v) is 4.10. The van der Waals surface area contributed by atoms with E-state index in [4.69, 9.17) is 21.1 Å². The first kappa shape index (κ1) is 24.2. The number of nitrogens with zero attached hydrogens (tertiary/aromatic N) is 1. The summed E-state index contributed by atoms with van der Waals surface area (Å²) in [7, 11) is 0. The number of esters is 1. The van der Waals surface area contributed by atoms with E-state index in [2.05, 4.69) is 5.32 Å². The smallest absolute Gasteiger partial charge is 0.338 e. The second-order valence-corrected chi connectivity index (χ2v) is 8.54. The van der Waals surface area contributed by atoms with Crippen molar-refractivity contribution in [2.45, 2.75) is 26.1 Å². The van der Waals surface area contributed by atoms with Crippen molar-refractivity contribution in [2.24, 2.45) is 0 Å². The Balaban J connectivity index is 1.43. The van der Waals surface area contributed by atoms with E-state index in [9.17, 15) is 19.3 Å². The van der Waals surface area contributed by atoms with Gasteiger partial charge in [-0.1, -0.05) is 29.8 Å². The first-order chi connectivity index (χ1) is 16.7. The summed E-state index contributed by atoms with van der Waals surface area (Å²) in [5, 5.41) is 14.4. The number of benzene rings is 3. The molecule has 3 aromatic rings. The number of rotatable bonds is 6. The van der Waals surface area contributed by atoms with E-state index in [1.807, 2.05) is 18.2 Å². The van der Waals surface area contributed by atoms with Crippen molar-refractivity contribution < 1.29 is 23.6 Å². The van der Waals surface area contributed by atoms with Crippen LogP contribution in [0.1, 0.15) is 35.3 Å². The molecule has 35 heavy (non-hydrogen) atoms. The molecule has 1 heterocycles. The number of allylic oxidation sites excluding steroid dienone is 1. The number of carbonyl (C=O) groups excluding carboxylic acids is 1. The molecule has 0 radical (unpaired) electrons. The Bertz CT molecular complexity index is 1290. The Hall–Kier alpha value is -3.91. The lowest BCUT2D eigenvalue weighted by Gasteiger charge is -2.31. The maximum Gasteiger partial charge on any atom is 0.338 e. The fourth-order valence-electron chi connectivity index (χ4n) is 3.78. The summed E-state index contributed by atoms with van der Waals surface area (Å²) in [5.74, 6) is -0.381. The van der Waals surface area contributed by atoms with E-state index in [1.165, 1.54) is 30.3 Å². The van der Waals surface area contributed by atoms with Crippen LogP contribution >= 0.6 is 11.6 Å². The molecule has 2 unspecified atom stereocenters. The predicted molar refractivity (Wildman–Crippen MR) is 132 cm³/mol. The van der Waals surface area contributed by atoms with E-state index in [0.717, 1.165) is 11.3 Å². The monoisotopic (exact) mass is 496 g/mol. The molecular formula is C26H22ClFN2O5.